The third-order valence-electron chi connectivity index (χ3n) is 3.45. The van der Waals surface area contributed by atoms with Gasteiger partial charge in [-0.05, 0) is 45.7 Å². The second-order valence-electron chi connectivity index (χ2n) is 6.67. The molecule has 0 aromatic carbocycles. The molecule has 23 heavy (non-hydrogen) atoms. The predicted molar refractivity (Wildman–Crippen MR) is 87.4 cm³/mol. The smallest absolute Gasteiger partial charge is 0.407 e. The normalized spacial score (nSPS) is 20.2. The fourth-order valence-electron chi connectivity index (χ4n) is 2.31. The van der Waals surface area contributed by atoms with Crippen molar-refractivity contribution in [3.05, 3.63) is 24.0 Å². The van der Waals surface area contributed by atoms with Gasteiger partial charge in [-0.1, -0.05) is 0 Å². The van der Waals surface area contributed by atoms with E-state index in [-0.39, 0.29) is 24.1 Å². The number of nitrogens with zero attached hydrogens (tertiary/aromatic N) is 1. The first-order chi connectivity index (χ1) is 10.8. The number of ether oxygens (including phenoxy) is 1. The fourth-order valence-corrected chi connectivity index (χ4v) is 2.31. The summed E-state index contributed by atoms with van der Waals surface area (Å²) in [5.41, 5.74) is 0.762. The second kappa shape index (κ2) is 6.85. The van der Waals surface area contributed by atoms with E-state index in [4.69, 9.17) is 4.74 Å². The Hall–Kier alpha value is -2.31. The molecule has 1 aliphatic rings. The number of carbonyl (C=O) groups excluding carboxylic acids is 2. The zero-order valence-electron chi connectivity index (χ0n) is 14.0. The molecule has 1 saturated carbocycles. The number of hydrogen-bond acceptors (Lipinski definition) is 5. The lowest BCUT2D eigenvalue weighted by atomic mass is 9.87. The van der Waals surface area contributed by atoms with Crippen LogP contribution in [0.3, 0.4) is 0 Å². The van der Waals surface area contributed by atoms with Crippen molar-refractivity contribution in [2.75, 3.05) is 12.4 Å². The van der Waals surface area contributed by atoms with E-state index in [0.717, 1.165) is 18.5 Å². The molecule has 0 saturated heterocycles. The van der Waals surface area contributed by atoms with Gasteiger partial charge >= 0.3 is 6.09 Å². The van der Waals surface area contributed by atoms with Gasteiger partial charge in [-0.2, -0.15) is 0 Å². The number of amides is 2. The molecule has 1 fully saturated rings. The maximum atomic E-state index is 11.7. The van der Waals surface area contributed by atoms with E-state index in [0.29, 0.717) is 5.69 Å². The minimum atomic E-state index is -0.482. The molecule has 1 aromatic rings. The molecular formula is C16H24N4O3. The monoisotopic (exact) mass is 320 g/mol. The van der Waals surface area contributed by atoms with Crippen LogP contribution in [0.1, 0.15) is 44.1 Å². The summed E-state index contributed by atoms with van der Waals surface area (Å²) in [6.07, 6.45) is 2.92. The molecule has 0 bridgehead atoms. The maximum absolute atomic E-state index is 11.7. The molecule has 0 atom stereocenters. The molecule has 0 unspecified atom stereocenters. The lowest BCUT2D eigenvalue weighted by Crippen LogP contribution is -2.50. The number of hydrogen-bond donors (Lipinski definition) is 3. The molecule has 0 radical (unpaired) electrons. The van der Waals surface area contributed by atoms with Crippen molar-refractivity contribution in [1.29, 1.82) is 0 Å². The predicted octanol–water partition coefficient (Wildman–Crippen LogP) is 1.91. The molecule has 1 aliphatic carbocycles. The summed E-state index contributed by atoms with van der Waals surface area (Å²) in [7, 11) is 1.57. The number of rotatable bonds is 4. The summed E-state index contributed by atoms with van der Waals surface area (Å²) in [6.45, 7) is 5.52. The number of carbonyl (C=O) groups is 2. The van der Waals surface area contributed by atoms with E-state index in [9.17, 15) is 9.59 Å². The van der Waals surface area contributed by atoms with Crippen LogP contribution in [0, 0.1) is 0 Å². The molecule has 2 rings (SSSR count). The Labute approximate surface area is 136 Å². The van der Waals surface area contributed by atoms with Crippen molar-refractivity contribution < 1.29 is 14.3 Å². The Bertz CT molecular complexity index is 560. The number of nitrogens with one attached hydrogen (secondary N) is 3. The van der Waals surface area contributed by atoms with Gasteiger partial charge in [-0.25, -0.2) is 9.78 Å². The first-order valence-corrected chi connectivity index (χ1v) is 7.71. The van der Waals surface area contributed by atoms with Gasteiger partial charge in [-0.3, -0.25) is 4.79 Å². The van der Waals surface area contributed by atoms with Gasteiger partial charge in [0.25, 0.3) is 5.91 Å². The lowest BCUT2D eigenvalue weighted by molar-refractivity contribution is 0.0475. The Morgan fingerprint density at radius 3 is 2.43 bits per heavy atom. The number of alkyl carbamates (subject to hydrolysis) is 1. The van der Waals surface area contributed by atoms with Crippen molar-refractivity contribution in [3.63, 3.8) is 0 Å². The Balaban J connectivity index is 1.74. The van der Waals surface area contributed by atoms with E-state index >= 15 is 0 Å². The van der Waals surface area contributed by atoms with Crippen molar-refractivity contribution in [3.8, 4) is 0 Å². The van der Waals surface area contributed by atoms with Crippen LogP contribution in [-0.4, -0.2) is 41.7 Å². The van der Waals surface area contributed by atoms with Crippen LogP contribution in [0.4, 0.5) is 10.5 Å². The molecule has 1 aromatic heterocycles. The van der Waals surface area contributed by atoms with Gasteiger partial charge in [0.05, 0.1) is 11.9 Å². The van der Waals surface area contributed by atoms with Gasteiger partial charge in [0.15, 0.2) is 0 Å². The van der Waals surface area contributed by atoms with Crippen molar-refractivity contribution >= 4 is 17.7 Å². The average Bonchev–Trinajstić information content (AvgIpc) is 2.43. The first-order valence-electron chi connectivity index (χ1n) is 7.71. The standard InChI is InChI=1S/C16H24N4O3/c1-16(2,3)23-15(22)20-12-7-11(8-12)19-10-5-6-13(18-9-10)14(21)17-4/h5-6,9,11-12,19H,7-8H2,1-4H3,(H,17,21)(H,20,22). The highest BCUT2D eigenvalue weighted by Crippen LogP contribution is 2.24. The van der Waals surface area contributed by atoms with Gasteiger partial charge in [0, 0.05) is 19.1 Å². The van der Waals surface area contributed by atoms with Crippen molar-refractivity contribution in [2.45, 2.75) is 51.3 Å². The largest absolute Gasteiger partial charge is 0.444 e. The van der Waals surface area contributed by atoms with Crippen molar-refractivity contribution in [1.82, 2.24) is 15.6 Å². The molecule has 1 heterocycles. The average molecular weight is 320 g/mol. The van der Waals surface area contributed by atoms with Crippen LogP contribution in [0.15, 0.2) is 18.3 Å². The van der Waals surface area contributed by atoms with Gasteiger partial charge in [0.2, 0.25) is 0 Å². The fraction of sp³-hybridized carbons (Fsp3) is 0.562. The van der Waals surface area contributed by atoms with E-state index in [1.807, 2.05) is 26.8 Å². The van der Waals surface area contributed by atoms with Crippen LogP contribution >= 0.6 is 0 Å². The molecule has 7 nitrogen and oxygen atoms in total. The quantitative estimate of drug-likeness (QED) is 0.788. The SMILES string of the molecule is CNC(=O)c1ccc(NC2CC(NC(=O)OC(C)(C)C)C2)cn1. The Morgan fingerprint density at radius 2 is 1.91 bits per heavy atom. The molecule has 0 aliphatic heterocycles. The van der Waals surface area contributed by atoms with Crippen LogP contribution in [-0.2, 0) is 4.74 Å². The molecule has 3 N–H and O–H groups in total. The number of anilines is 1. The molecule has 7 heteroatoms. The Kier molecular flexibility index (Phi) is 5.08. The summed E-state index contributed by atoms with van der Waals surface area (Å²) in [6, 6.07) is 3.91. The third-order valence-corrected chi connectivity index (χ3v) is 3.45. The molecule has 2 amide bonds. The number of aromatic nitrogens is 1. The summed E-state index contributed by atoms with van der Waals surface area (Å²) in [5.74, 6) is -0.207. The van der Waals surface area contributed by atoms with Crippen molar-refractivity contribution in [2.24, 2.45) is 0 Å². The highest BCUT2D eigenvalue weighted by Gasteiger charge is 2.31. The second-order valence-corrected chi connectivity index (χ2v) is 6.67. The lowest BCUT2D eigenvalue weighted by Gasteiger charge is -2.37. The minimum absolute atomic E-state index is 0.125. The minimum Gasteiger partial charge on any atom is -0.444 e. The van der Waals surface area contributed by atoms with Crippen LogP contribution < -0.4 is 16.0 Å². The molecule has 0 spiro atoms. The summed E-state index contributed by atoms with van der Waals surface area (Å²) in [5, 5.41) is 8.71. The highest BCUT2D eigenvalue weighted by molar-refractivity contribution is 5.92. The van der Waals surface area contributed by atoms with Gasteiger partial charge in [0.1, 0.15) is 11.3 Å². The third kappa shape index (κ3) is 5.12. The van der Waals surface area contributed by atoms with E-state index < -0.39 is 5.60 Å². The summed E-state index contributed by atoms with van der Waals surface area (Å²) < 4.78 is 5.23. The van der Waals surface area contributed by atoms with E-state index in [1.165, 1.54) is 0 Å². The topological polar surface area (TPSA) is 92.4 Å². The van der Waals surface area contributed by atoms with Gasteiger partial charge in [-0.15, -0.1) is 0 Å². The summed E-state index contributed by atoms with van der Waals surface area (Å²) in [4.78, 5) is 27.2. The highest BCUT2D eigenvalue weighted by atomic mass is 16.6. The maximum Gasteiger partial charge on any atom is 0.407 e. The van der Waals surface area contributed by atoms with E-state index in [2.05, 4.69) is 20.9 Å². The first kappa shape index (κ1) is 17.1. The zero-order chi connectivity index (χ0) is 17.0. The number of pyridine rings is 1. The van der Waals surface area contributed by atoms with Crippen LogP contribution in [0.2, 0.25) is 0 Å². The van der Waals surface area contributed by atoms with Crippen LogP contribution in [0.25, 0.3) is 0 Å². The molecular weight excluding hydrogens is 296 g/mol. The summed E-state index contributed by atoms with van der Waals surface area (Å²) >= 11 is 0. The Morgan fingerprint density at radius 1 is 1.22 bits per heavy atom. The van der Waals surface area contributed by atoms with Crippen LogP contribution in [0.5, 0.6) is 0 Å². The van der Waals surface area contributed by atoms with Gasteiger partial charge < -0.3 is 20.7 Å². The molecule has 126 valence electrons. The zero-order valence-corrected chi connectivity index (χ0v) is 14.0. The van der Waals surface area contributed by atoms with E-state index in [1.54, 1.807) is 19.3 Å².